The van der Waals surface area contributed by atoms with Crippen LogP contribution < -0.4 is 4.74 Å². The molecule has 0 bridgehead atoms. The average molecular weight is 449 g/mol. The van der Waals surface area contributed by atoms with Crippen molar-refractivity contribution in [1.82, 2.24) is 9.80 Å². The molecule has 1 aromatic heterocycles. The number of hydrogen-bond donors (Lipinski definition) is 0. The zero-order valence-corrected chi connectivity index (χ0v) is 19.3. The second-order valence-electron chi connectivity index (χ2n) is 7.55. The van der Waals surface area contributed by atoms with Gasteiger partial charge in [0, 0.05) is 28.9 Å². The van der Waals surface area contributed by atoms with E-state index in [2.05, 4.69) is 11.4 Å². The molecule has 2 atom stereocenters. The smallest absolute Gasteiger partial charge is 0.242 e. The fourth-order valence-electron chi connectivity index (χ4n) is 3.73. The fraction of sp³-hybridized carbons (Fsp3) is 0.478. The van der Waals surface area contributed by atoms with Crippen LogP contribution >= 0.6 is 22.9 Å². The quantitative estimate of drug-likeness (QED) is 0.574. The molecule has 0 fully saturated rings. The lowest BCUT2D eigenvalue weighted by molar-refractivity contribution is -0.144. The zero-order valence-electron chi connectivity index (χ0n) is 17.8. The Morgan fingerprint density at radius 1 is 1.27 bits per heavy atom. The van der Waals surface area contributed by atoms with Gasteiger partial charge in [0.15, 0.2) is 0 Å². The summed E-state index contributed by atoms with van der Waals surface area (Å²) in [7, 11) is 0. The molecule has 0 N–H and O–H groups in total. The maximum atomic E-state index is 13.3. The molecule has 0 unspecified atom stereocenters. The molecule has 7 heteroatoms. The van der Waals surface area contributed by atoms with Gasteiger partial charge in [-0.2, -0.15) is 0 Å². The third kappa shape index (κ3) is 5.16. The van der Waals surface area contributed by atoms with Crippen LogP contribution in [0.25, 0.3) is 0 Å². The van der Waals surface area contributed by atoms with Crippen LogP contribution in [-0.4, -0.2) is 47.4 Å². The van der Waals surface area contributed by atoms with E-state index in [4.69, 9.17) is 16.3 Å². The molecule has 2 heterocycles. The van der Waals surface area contributed by atoms with Crippen molar-refractivity contribution in [2.75, 3.05) is 19.7 Å². The second kappa shape index (κ2) is 10.3. The molecule has 2 amide bonds. The first-order chi connectivity index (χ1) is 14.4. The molecule has 30 heavy (non-hydrogen) atoms. The van der Waals surface area contributed by atoms with Gasteiger partial charge >= 0.3 is 0 Å². The monoisotopic (exact) mass is 448 g/mol. The minimum atomic E-state index is -0.168. The van der Waals surface area contributed by atoms with Crippen LogP contribution in [0.2, 0.25) is 5.02 Å². The summed E-state index contributed by atoms with van der Waals surface area (Å²) >= 11 is 7.68. The van der Waals surface area contributed by atoms with Crippen molar-refractivity contribution >= 4 is 34.8 Å². The zero-order chi connectivity index (χ0) is 21.7. The summed E-state index contributed by atoms with van der Waals surface area (Å²) in [4.78, 5) is 30.6. The number of amides is 2. The van der Waals surface area contributed by atoms with Crippen LogP contribution in [0.15, 0.2) is 35.7 Å². The molecule has 0 saturated heterocycles. The lowest BCUT2D eigenvalue weighted by atomic mass is 10.00. The maximum Gasteiger partial charge on any atom is 0.242 e. The first kappa shape index (κ1) is 22.6. The number of nitrogens with zero attached hydrogens (tertiary/aromatic N) is 2. The van der Waals surface area contributed by atoms with Crippen molar-refractivity contribution in [3.8, 4) is 5.75 Å². The first-order valence-corrected chi connectivity index (χ1v) is 11.7. The Labute approximate surface area is 187 Å². The molecule has 1 aliphatic heterocycles. The summed E-state index contributed by atoms with van der Waals surface area (Å²) in [6.45, 7) is 6.97. The number of thiophene rings is 1. The average Bonchev–Trinajstić information content (AvgIpc) is 3.24. The van der Waals surface area contributed by atoms with E-state index in [1.807, 2.05) is 37.8 Å². The van der Waals surface area contributed by atoms with Gasteiger partial charge in [0.25, 0.3) is 0 Å². The molecule has 2 aromatic rings. The molecular formula is C23H29ClN2O3S. The van der Waals surface area contributed by atoms with E-state index >= 15 is 0 Å². The minimum absolute atomic E-state index is 0.0138. The van der Waals surface area contributed by atoms with E-state index in [0.717, 1.165) is 24.2 Å². The van der Waals surface area contributed by atoms with E-state index in [0.29, 0.717) is 24.6 Å². The van der Waals surface area contributed by atoms with E-state index in [9.17, 15) is 9.59 Å². The highest BCUT2D eigenvalue weighted by Crippen LogP contribution is 2.34. The molecule has 0 spiro atoms. The predicted molar refractivity (Wildman–Crippen MR) is 121 cm³/mol. The Bertz CT molecular complexity index is 868. The van der Waals surface area contributed by atoms with Gasteiger partial charge in [-0.15, -0.1) is 11.3 Å². The fourth-order valence-corrected chi connectivity index (χ4v) is 4.78. The van der Waals surface area contributed by atoms with Crippen LogP contribution in [0.1, 0.15) is 50.1 Å². The summed E-state index contributed by atoms with van der Waals surface area (Å²) < 4.78 is 6.02. The lowest BCUT2D eigenvalue weighted by Gasteiger charge is -2.38. The van der Waals surface area contributed by atoms with Gasteiger partial charge in [-0.3, -0.25) is 9.59 Å². The van der Waals surface area contributed by atoms with Gasteiger partial charge in [0.1, 0.15) is 18.9 Å². The highest BCUT2D eigenvalue weighted by atomic mass is 35.5. The molecule has 1 aliphatic rings. The summed E-state index contributed by atoms with van der Waals surface area (Å²) in [5.74, 6) is 0.704. The van der Waals surface area contributed by atoms with Crippen LogP contribution in [-0.2, 0) is 16.0 Å². The number of fused-ring (bicyclic) bond motifs is 1. The number of ether oxygens (including phenoxy) is 1. The number of carbonyl (C=O) groups is 2. The third-order valence-electron chi connectivity index (χ3n) is 5.69. The van der Waals surface area contributed by atoms with Crippen LogP contribution in [0.4, 0.5) is 0 Å². The Kier molecular flexibility index (Phi) is 7.78. The summed E-state index contributed by atoms with van der Waals surface area (Å²) in [5.41, 5.74) is 1.14. The largest absolute Gasteiger partial charge is 0.491 e. The normalized spacial score (nSPS) is 16.7. The SMILES string of the molecule is CCC(=O)N(CC(=O)N1CCc2sccc2[C@H]1COc1ccc(Cl)cc1)[C@@H](C)CC. The first-order valence-electron chi connectivity index (χ1n) is 10.5. The summed E-state index contributed by atoms with van der Waals surface area (Å²) in [6.07, 6.45) is 2.05. The molecule has 162 valence electrons. The van der Waals surface area contributed by atoms with Gasteiger partial charge in [-0.25, -0.2) is 0 Å². The maximum absolute atomic E-state index is 13.3. The third-order valence-corrected chi connectivity index (χ3v) is 6.94. The van der Waals surface area contributed by atoms with E-state index in [1.165, 1.54) is 4.88 Å². The number of benzene rings is 1. The van der Waals surface area contributed by atoms with Crippen molar-refractivity contribution in [3.05, 3.63) is 51.2 Å². The lowest BCUT2D eigenvalue weighted by Crippen LogP contribution is -2.49. The molecule has 0 saturated carbocycles. The Hall–Kier alpha value is -2.05. The van der Waals surface area contributed by atoms with Gasteiger partial charge in [-0.1, -0.05) is 25.4 Å². The molecule has 5 nitrogen and oxygen atoms in total. The van der Waals surface area contributed by atoms with Crippen LogP contribution in [0.5, 0.6) is 5.75 Å². The standard InChI is InChI=1S/C23H29ClN2O3S/c1-4-16(3)26(22(27)5-2)14-23(28)25-12-10-21-19(11-13-30-21)20(25)15-29-18-8-6-17(24)7-9-18/h6-9,11,13,16,20H,4-5,10,12,14-15H2,1-3H3/t16-,20+/m0/s1. The van der Waals surface area contributed by atoms with Crippen molar-refractivity contribution < 1.29 is 14.3 Å². The number of halogens is 1. The van der Waals surface area contributed by atoms with E-state index in [1.54, 1.807) is 28.4 Å². The topological polar surface area (TPSA) is 49.9 Å². The molecular weight excluding hydrogens is 420 g/mol. The predicted octanol–water partition coefficient (Wildman–Crippen LogP) is 4.94. The van der Waals surface area contributed by atoms with Crippen molar-refractivity contribution in [2.24, 2.45) is 0 Å². The Balaban J connectivity index is 1.77. The number of hydrogen-bond acceptors (Lipinski definition) is 4. The van der Waals surface area contributed by atoms with Crippen LogP contribution in [0.3, 0.4) is 0 Å². The van der Waals surface area contributed by atoms with Gasteiger partial charge in [-0.05, 0) is 61.0 Å². The molecule has 1 aromatic carbocycles. The second-order valence-corrected chi connectivity index (χ2v) is 8.99. The summed E-state index contributed by atoms with van der Waals surface area (Å²) in [5, 5.41) is 2.72. The summed E-state index contributed by atoms with van der Waals surface area (Å²) in [6, 6.07) is 9.19. The minimum Gasteiger partial charge on any atom is -0.491 e. The highest BCUT2D eigenvalue weighted by molar-refractivity contribution is 7.10. The van der Waals surface area contributed by atoms with Gasteiger partial charge in [0.05, 0.1) is 6.04 Å². The van der Waals surface area contributed by atoms with Crippen molar-refractivity contribution in [2.45, 2.75) is 52.1 Å². The van der Waals surface area contributed by atoms with Crippen molar-refractivity contribution in [1.29, 1.82) is 0 Å². The highest BCUT2D eigenvalue weighted by Gasteiger charge is 2.34. The number of rotatable bonds is 8. The Morgan fingerprint density at radius 2 is 2.00 bits per heavy atom. The van der Waals surface area contributed by atoms with Gasteiger partial charge < -0.3 is 14.5 Å². The number of carbonyl (C=O) groups excluding carboxylic acids is 2. The van der Waals surface area contributed by atoms with E-state index < -0.39 is 0 Å². The molecule has 0 aliphatic carbocycles. The molecule has 0 radical (unpaired) electrons. The van der Waals surface area contributed by atoms with Crippen molar-refractivity contribution in [3.63, 3.8) is 0 Å². The Morgan fingerprint density at radius 3 is 2.67 bits per heavy atom. The van der Waals surface area contributed by atoms with E-state index in [-0.39, 0.29) is 30.4 Å². The van der Waals surface area contributed by atoms with Crippen LogP contribution in [0, 0.1) is 0 Å². The van der Waals surface area contributed by atoms with Gasteiger partial charge in [0.2, 0.25) is 11.8 Å². The molecule has 3 rings (SSSR count).